The normalized spacial score (nSPS) is 18.3. The third-order valence-corrected chi connectivity index (χ3v) is 6.12. The largest absolute Gasteiger partial charge is 0.343 e. The molecule has 2 aromatic carbocycles. The van der Waals surface area contributed by atoms with Crippen molar-refractivity contribution in [3.8, 4) is 0 Å². The van der Waals surface area contributed by atoms with Gasteiger partial charge in [-0.3, -0.25) is 4.79 Å². The Morgan fingerprint density at radius 2 is 1.65 bits per heavy atom. The maximum Gasteiger partial charge on any atom is 0.217 e. The van der Waals surface area contributed by atoms with Crippen LogP contribution in [0.3, 0.4) is 0 Å². The summed E-state index contributed by atoms with van der Waals surface area (Å²) < 4.78 is 0.873. The Hall–Kier alpha value is -1.55. The molecule has 0 spiro atoms. The summed E-state index contributed by atoms with van der Waals surface area (Å²) >= 11 is 12.5. The van der Waals surface area contributed by atoms with Gasteiger partial charge in [0, 0.05) is 25.3 Å². The van der Waals surface area contributed by atoms with Crippen molar-refractivity contribution in [3.63, 3.8) is 0 Å². The second kappa shape index (κ2) is 7.99. The van der Waals surface area contributed by atoms with Crippen molar-refractivity contribution >= 4 is 29.1 Å². The maximum absolute atomic E-state index is 12.0. The lowest BCUT2D eigenvalue weighted by molar-refractivity contribution is -0.930. The zero-order chi connectivity index (χ0) is 18.7. The molecular formula is C21H25Cl2N2O+. The van der Waals surface area contributed by atoms with Crippen LogP contribution in [0.5, 0.6) is 0 Å². The van der Waals surface area contributed by atoms with Gasteiger partial charge >= 0.3 is 0 Å². The number of hydrogen-bond donors (Lipinski definition) is 1. The Labute approximate surface area is 165 Å². The average Bonchev–Trinajstić information content (AvgIpc) is 3.05. The first-order valence-electron chi connectivity index (χ1n) is 9.02. The summed E-state index contributed by atoms with van der Waals surface area (Å²) in [5, 5.41) is 4.30. The fourth-order valence-electron chi connectivity index (χ4n) is 4.17. The number of carbonyl (C=O) groups excluding carboxylic acids is 1. The lowest BCUT2D eigenvalue weighted by atomic mass is 9.90. The van der Waals surface area contributed by atoms with Gasteiger partial charge < -0.3 is 9.80 Å². The molecule has 0 bridgehead atoms. The van der Waals surface area contributed by atoms with E-state index in [9.17, 15) is 4.79 Å². The van der Waals surface area contributed by atoms with Gasteiger partial charge in [-0.15, -0.1) is 0 Å². The number of hydrogen-bond acceptors (Lipinski definition) is 1. The molecule has 2 atom stereocenters. The molecule has 1 aliphatic rings. The van der Waals surface area contributed by atoms with Gasteiger partial charge in [0.25, 0.3) is 0 Å². The van der Waals surface area contributed by atoms with Crippen LogP contribution < -0.4 is 5.32 Å². The van der Waals surface area contributed by atoms with Crippen LogP contribution in [-0.2, 0) is 4.79 Å². The maximum atomic E-state index is 12.0. The van der Waals surface area contributed by atoms with E-state index in [-0.39, 0.29) is 18.0 Å². The molecule has 0 aliphatic carbocycles. The third-order valence-electron chi connectivity index (χ3n) is 5.38. The molecule has 1 unspecified atom stereocenters. The number of benzene rings is 2. The van der Waals surface area contributed by atoms with Crippen LogP contribution >= 0.6 is 23.2 Å². The minimum atomic E-state index is -0.131. The van der Waals surface area contributed by atoms with E-state index in [2.05, 4.69) is 24.5 Å². The number of nitrogens with zero attached hydrogens (tertiary/aromatic N) is 1. The van der Waals surface area contributed by atoms with E-state index in [4.69, 9.17) is 23.2 Å². The topological polar surface area (TPSA) is 29.1 Å². The van der Waals surface area contributed by atoms with Gasteiger partial charge in [-0.2, -0.15) is 0 Å². The first kappa shape index (κ1) is 19.2. The van der Waals surface area contributed by atoms with Crippen molar-refractivity contribution in [2.24, 2.45) is 0 Å². The van der Waals surface area contributed by atoms with Crippen LogP contribution in [-0.4, -0.2) is 30.5 Å². The standard InChI is InChI=1S/C21H24Cl2N2O/c1-15(26)24-20(16-8-4-3-5-9-16)21(25(2)12-6-7-13-25)17-10-11-18(22)19(23)14-17/h3-5,8-11,14,20-21H,6-7,12-13H2,1-2H3/p+1/t20-,21?/m0/s1. The molecule has 26 heavy (non-hydrogen) atoms. The molecule has 0 radical (unpaired) electrons. The fourth-order valence-corrected chi connectivity index (χ4v) is 4.48. The highest BCUT2D eigenvalue weighted by molar-refractivity contribution is 6.42. The summed E-state index contributed by atoms with van der Waals surface area (Å²) in [6.45, 7) is 3.73. The molecule has 1 fully saturated rings. The number of halogens is 2. The second-order valence-corrected chi connectivity index (χ2v) is 8.16. The van der Waals surface area contributed by atoms with Crippen molar-refractivity contribution in [2.75, 3.05) is 20.1 Å². The summed E-state index contributed by atoms with van der Waals surface area (Å²) in [6, 6.07) is 16.0. The zero-order valence-electron chi connectivity index (χ0n) is 15.2. The van der Waals surface area contributed by atoms with Gasteiger partial charge in [0.05, 0.1) is 30.2 Å². The minimum Gasteiger partial charge on any atom is -0.343 e. The molecule has 0 saturated carbocycles. The minimum absolute atomic E-state index is 0.0327. The van der Waals surface area contributed by atoms with Crippen molar-refractivity contribution in [1.29, 1.82) is 0 Å². The number of quaternary nitrogens is 1. The van der Waals surface area contributed by atoms with Crippen LogP contribution in [0.25, 0.3) is 0 Å². The van der Waals surface area contributed by atoms with Gasteiger partial charge in [0.15, 0.2) is 0 Å². The Morgan fingerprint density at radius 3 is 2.23 bits per heavy atom. The third kappa shape index (κ3) is 4.06. The molecule has 5 heteroatoms. The molecule has 2 aromatic rings. The molecule has 1 heterocycles. The van der Waals surface area contributed by atoms with Gasteiger partial charge in [0.2, 0.25) is 5.91 Å². The molecule has 138 valence electrons. The van der Waals surface area contributed by atoms with Crippen LogP contribution in [0.1, 0.15) is 43.0 Å². The molecule has 0 aromatic heterocycles. The van der Waals surface area contributed by atoms with E-state index >= 15 is 0 Å². The molecule has 1 aliphatic heterocycles. The Balaban J connectivity index is 2.13. The van der Waals surface area contributed by atoms with E-state index < -0.39 is 0 Å². The summed E-state index contributed by atoms with van der Waals surface area (Å²) in [5.74, 6) is -0.0327. The Kier molecular flexibility index (Phi) is 5.91. The highest BCUT2D eigenvalue weighted by atomic mass is 35.5. The Morgan fingerprint density at radius 1 is 1.00 bits per heavy atom. The van der Waals surface area contributed by atoms with Crippen LogP contribution in [0.4, 0.5) is 0 Å². The molecule has 1 amide bonds. The number of likely N-dealkylation sites (tertiary alicyclic amines) is 1. The van der Waals surface area contributed by atoms with E-state index in [0.29, 0.717) is 10.0 Å². The first-order chi connectivity index (χ1) is 12.4. The van der Waals surface area contributed by atoms with E-state index in [1.807, 2.05) is 36.4 Å². The summed E-state index contributed by atoms with van der Waals surface area (Å²) in [4.78, 5) is 12.0. The number of nitrogens with one attached hydrogen (secondary N) is 1. The summed E-state index contributed by atoms with van der Waals surface area (Å²) in [7, 11) is 2.28. The molecule has 3 nitrogen and oxygen atoms in total. The predicted molar refractivity (Wildman–Crippen MR) is 107 cm³/mol. The van der Waals surface area contributed by atoms with Gasteiger partial charge in [-0.05, 0) is 17.7 Å². The lowest BCUT2D eigenvalue weighted by Gasteiger charge is -2.42. The zero-order valence-corrected chi connectivity index (χ0v) is 16.7. The van der Waals surface area contributed by atoms with Crippen molar-refractivity contribution < 1.29 is 9.28 Å². The SMILES string of the molecule is CC(=O)N[C@@H](c1ccccc1)C(c1ccc(Cl)c(Cl)c1)[N+]1(C)CCCC1. The quantitative estimate of drug-likeness (QED) is 0.701. The van der Waals surface area contributed by atoms with Crippen molar-refractivity contribution in [1.82, 2.24) is 5.32 Å². The molecule has 1 N–H and O–H groups in total. The molecule has 1 saturated heterocycles. The second-order valence-electron chi connectivity index (χ2n) is 7.34. The highest BCUT2D eigenvalue weighted by Gasteiger charge is 2.43. The van der Waals surface area contributed by atoms with Crippen molar-refractivity contribution in [2.45, 2.75) is 31.8 Å². The monoisotopic (exact) mass is 391 g/mol. The molecule has 3 rings (SSSR count). The summed E-state index contributed by atoms with van der Waals surface area (Å²) in [5.41, 5.74) is 2.21. The van der Waals surface area contributed by atoms with Crippen LogP contribution in [0.15, 0.2) is 48.5 Å². The Bertz CT molecular complexity index is 773. The van der Waals surface area contributed by atoms with E-state index in [0.717, 1.165) is 28.7 Å². The van der Waals surface area contributed by atoms with Crippen LogP contribution in [0, 0.1) is 0 Å². The lowest BCUT2D eigenvalue weighted by Crippen LogP contribution is -2.50. The first-order valence-corrected chi connectivity index (χ1v) is 9.77. The number of carbonyl (C=O) groups is 1. The van der Waals surface area contributed by atoms with Gasteiger partial charge in [-0.1, -0.05) is 59.6 Å². The highest BCUT2D eigenvalue weighted by Crippen LogP contribution is 2.42. The number of amides is 1. The average molecular weight is 392 g/mol. The van der Waals surface area contributed by atoms with Crippen molar-refractivity contribution in [3.05, 3.63) is 69.7 Å². The smallest absolute Gasteiger partial charge is 0.217 e. The van der Waals surface area contributed by atoms with E-state index in [1.54, 1.807) is 6.92 Å². The summed E-state index contributed by atoms with van der Waals surface area (Å²) in [6.07, 6.45) is 2.38. The number of likely N-dealkylation sites (N-methyl/N-ethyl adjacent to an activating group) is 1. The number of rotatable bonds is 5. The van der Waals surface area contributed by atoms with Crippen LogP contribution in [0.2, 0.25) is 10.0 Å². The predicted octanol–water partition coefficient (Wildman–Crippen LogP) is 5.15. The van der Waals surface area contributed by atoms with E-state index in [1.165, 1.54) is 12.8 Å². The van der Waals surface area contributed by atoms with Gasteiger partial charge in [0.1, 0.15) is 12.1 Å². The van der Waals surface area contributed by atoms with Gasteiger partial charge in [-0.25, -0.2) is 0 Å². The fraction of sp³-hybridized carbons (Fsp3) is 0.381. The molecular weight excluding hydrogens is 367 g/mol.